The van der Waals surface area contributed by atoms with E-state index < -0.39 is 5.97 Å². The van der Waals surface area contributed by atoms with E-state index in [1.807, 2.05) is 12.1 Å². The number of benzene rings is 1. The van der Waals surface area contributed by atoms with Gasteiger partial charge in [-0.15, -0.1) is 11.3 Å². The first-order valence-corrected chi connectivity index (χ1v) is 13.7. The number of carbonyl (C=O) groups excluding carboxylic acids is 2. The number of para-hydroxylation sites is 1. The summed E-state index contributed by atoms with van der Waals surface area (Å²) in [4.78, 5) is 44.6. The van der Waals surface area contributed by atoms with Crippen molar-refractivity contribution in [1.82, 2.24) is 9.55 Å². The smallest absolute Gasteiger partial charge is 0.341 e. The number of hydrogen-bond donors (Lipinski definition) is 1. The van der Waals surface area contributed by atoms with Crippen LogP contribution in [0.2, 0.25) is 0 Å². The molecule has 1 unspecified atom stereocenters. The lowest BCUT2D eigenvalue weighted by Gasteiger charge is -2.16. The van der Waals surface area contributed by atoms with Gasteiger partial charge in [0.2, 0.25) is 5.91 Å². The number of nitrogens with zero attached hydrogens (tertiary/aromatic N) is 2. The molecule has 1 saturated heterocycles. The molecule has 1 amide bonds. The normalized spacial score (nSPS) is 17.0. The molecular weight excluding hydrogens is 486 g/mol. The van der Waals surface area contributed by atoms with E-state index in [0.717, 1.165) is 42.5 Å². The van der Waals surface area contributed by atoms with Crippen LogP contribution in [0.1, 0.15) is 47.0 Å². The van der Waals surface area contributed by atoms with E-state index in [9.17, 15) is 14.4 Å². The monoisotopic (exact) mass is 513 g/mol. The molecule has 2 aromatic heterocycles. The fraction of sp³-hybridized carbons (Fsp3) is 0.440. The van der Waals surface area contributed by atoms with E-state index in [2.05, 4.69) is 10.3 Å². The molecule has 1 aromatic carbocycles. The van der Waals surface area contributed by atoms with E-state index in [-0.39, 0.29) is 29.9 Å². The van der Waals surface area contributed by atoms with Gasteiger partial charge < -0.3 is 14.8 Å². The topological polar surface area (TPSA) is 99.5 Å². The predicted molar refractivity (Wildman–Crippen MR) is 137 cm³/mol. The Morgan fingerprint density at radius 2 is 2.14 bits per heavy atom. The highest BCUT2D eigenvalue weighted by Gasteiger charge is 2.28. The molecule has 1 aliphatic carbocycles. The van der Waals surface area contributed by atoms with Gasteiger partial charge in [-0.3, -0.25) is 14.2 Å². The number of fused-ring (bicyclic) bond motifs is 2. The lowest BCUT2D eigenvalue weighted by molar-refractivity contribution is -0.113. The standard InChI is InChI=1S/C25H27N3O5S2/c1-2-32-24(31)21-17-9-5-11-19(17)35-22(21)27-20(29)14-34-25-26-18-10-4-3-8-16(18)23(30)28(25)13-15-7-6-12-33-15/h3-4,8,10,15H,2,5-7,9,11-14H2,1H3,(H,27,29). The minimum atomic E-state index is -0.392. The first-order valence-electron chi connectivity index (χ1n) is 11.9. The van der Waals surface area contributed by atoms with Gasteiger partial charge in [0.1, 0.15) is 5.00 Å². The summed E-state index contributed by atoms with van der Waals surface area (Å²) in [6, 6.07) is 7.23. The minimum absolute atomic E-state index is 0.0375. The molecule has 10 heteroatoms. The summed E-state index contributed by atoms with van der Waals surface area (Å²) in [6.07, 6.45) is 4.56. The van der Waals surface area contributed by atoms with Crippen molar-refractivity contribution in [2.45, 2.75) is 56.8 Å². The lowest BCUT2D eigenvalue weighted by Crippen LogP contribution is -2.29. The zero-order valence-electron chi connectivity index (χ0n) is 19.5. The number of hydrogen-bond acceptors (Lipinski definition) is 8. The molecule has 1 fully saturated rings. The molecule has 1 aliphatic heterocycles. The van der Waals surface area contributed by atoms with Crippen molar-refractivity contribution in [1.29, 1.82) is 0 Å². The largest absolute Gasteiger partial charge is 0.462 e. The number of carbonyl (C=O) groups is 2. The molecule has 1 atom stereocenters. The van der Waals surface area contributed by atoms with Crippen LogP contribution in [0.25, 0.3) is 10.9 Å². The van der Waals surface area contributed by atoms with Crippen LogP contribution in [-0.2, 0) is 33.7 Å². The molecule has 0 saturated carbocycles. The maximum absolute atomic E-state index is 13.2. The molecule has 3 heterocycles. The Hall–Kier alpha value is -2.69. The van der Waals surface area contributed by atoms with Gasteiger partial charge in [0, 0.05) is 11.5 Å². The molecule has 8 nitrogen and oxygen atoms in total. The van der Waals surface area contributed by atoms with Gasteiger partial charge in [0.05, 0.1) is 41.5 Å². The summed E-state index contributed by atoms with van der Waals surface area (Å²) in [6.45, 7) is 3.15. The molecule has 184 valence electrons. The van der Waals surface area contributed by atoms with Crippen molar-refractivity contribution in [2.24, 2.45) is 0 Å². The second-order valence-corrected chi connectivity index (χ2v) is 10.6. The summed E-state index contributed by atoms with van der Waals surface area (Å²) in [5.74, 6) is -0.593. The molecule has 35 heavy (non-hydrogen) atoms. The summed E-state index contributed by atoms with van der Waals surface area (Å²) in [7, 11) is 0. The fourth-order valence-corrected chi connectivity index (χ4v) is 6.72. The van der Waals surface area contributed by atoms with Gasteiger partial charge in [-0.25, -0.2) is 9.78 Å². The molecule has 2 aliphatic rings. The zero-order chi connectivity index (χ0) is 24.4. The lowest BCUT2D eigenvalue weighted by atomic mass is 10.1. The van der Waals surface area contributed by atoms with Gasteiger partial charge in [0.25, 0.3) is 5.56 Å². The Kier molecular flexibility index (Phi) is 7.22. The third kappa shape index (κ3) is 5.00. The predicted octanol–water partition coefficient (Wildman–Crippen LogP) is 4.03. The van der Waals surface area contributed by atoms with Crippen molar-refractivity contribution in [3.05, 3.63) is 50.6 Å². The van der Waals surface area contributed by atoms with E-state index in [0.29, 0.717) is 39.8 Å². The maximum atomic E-state index is 13.2. The Labute approximate surface area is 211 Å². The molecule has 1 N–H and O–H groups in total. The van der Waals surface area contributed by atoms with E-state index in [1.165, 1.54) is 23.1 Å². The Morgan fingerprint density at radius 3 is 2.94 bits per heavy atom. The Morgan fingerprint density at radius 1 is 1.29 bits per heavy atom. The van der Waals surface area contributed by atoms with E-state index in [4.69, 9.17) is 9.47 Å². The number of aryl methyl sites for hydroxylation is 1. The molecular formula is C25H27N3O5S2. The summed E-state index contributed by atoms with van der Waals surface area (Å²) < 4.78 is 12.6. The number of aromatic nitrogens is 2. The SMILES string of the molecule is CCOC(=O)c1c(NC(=O)CSc2nc3ccccc3c(=O)n2CC2CCCO2)sc2c1CCC2. The van der Waals surface area contributed by atoms with Crippen LogP contribution in [0.3, 0.4) is 0 Å². The number of rotatable bonds is 8. The van der Waals surface area contributed by atoms with Crippen molar-refractivity contribution in [3.8, 4) is 0 Å². The second-order valence-electron chi connectivity index (χ2n) is 8.58. The van der Waals surface area contributed by atoms with Crippen molar-refractivity contribution >= 4 is 50.9 Å². The fourth-order valence-electron chi connectivity index (χ4n) is 4.62. The number of ether oxygens (including phenoxy) is 2. The zero-order valence-corrected chi connectivity index (χ0v) is 21.1. The second kappa shape index (κ2) is 10.5. The van der Waals surface area contributed by atoms with Gasteiger partial charge in [-0.1, -0.05) is 23.9 Å². The van der Waals surface area contributed by atoms with Crippen molar-refractivity contribution in [3.63, 3.8) is 0 Å². The minimum Gasteiger partial charge on any atom is -0.462 e. The Bertz CT molecular complexity index is 1330. The van der Waals surface area contributed by atoms with Gasteiger partial charge in [-0.2, -0.15) is 0 Å². The molecule has 5 rings (SSSR count). The number of thiophene rings is 1. The molecule has 3 aromatic rings. The third-order valence-corrected chi connectivity index (χ3v) is 8.41. The van der Waals surface area contributed by atoms with Gasteiger partial charge >= 0.3 is 5.97 Å². The molecule has 0 bridgehead atoms. The van der Waals surface area contributed by atoms with Crippen molar-refractivity contribution < 1.29 is 19.1 Å². The first-order chi connectivity index (χ1) is 17.0. The summed E-state index contributed by atoms with van der Waals surface area (Å²) in [5.41, 5.74) is 1.95. The number of amides is 1. The third-order valence-electron chi connectivity index (χ3n) is 6.22. The van der Waals surface area contributed by atoms with Crippen LogP contribution in [0.5, 0.6) is 0 Å². The molecule has 0 radical (unpaired) electrons. The quantitative estimate of drug-likeness (QED) is 0.276. The van der Waals surface area contributed by atoms with Crippen LogP contribution in [0.15, 0.2) is 34.2 Å². The van der Waals surface area contributed by atoms with E-state index in [1.54, 1.807) is 23.6 Å². The van der Waals surface area contributed by atoms with Crippen LogP contribution >= 0.6 is 23.1 Å². The highest BCUT2D eigenvalue weighted by atomic mass is 32.2. The average Bonchev–Trinajstić information content (AvgIpc) is 3.58. The van der Waals surface area contributed by atoms with Crippen LogP contribution in [-0.4, -0.2) is 46.5 Å². The highest BCUT2D eigenvalue weighted by Crippen LogP contribution is 2.39. The summed E-state index contributed by atoms with van der Waals surface area (Å²) >= 11 is 2.67. The first kappa shape index (κ1) is 24.0. The highest BCUT2D eigenvalue weighted by molar-refractivity contribution is 7.99. The van der Waals surface area contributed by atoms with Crippen molar-refractivity contribution in [2.75, 3.05) is 24.3 Å². The van der Waals surface area contributed by atoms with E-state index >= 15 is 0 Å². The van der Waals surface area contributed by atoms with Gasteiger partial charge in [0.15, 0.2) is 5.16 Å². The maximum Gasteiger partial charge on any atom is 0.341 e. The number of thioether (sulfide) groups is 1. The molecule has 0 spiro atoms. The van der Waals surface area contributed by atoms with Crippen LogP contribution < -0.4 is 10.9 Å². The number of esters is 1. The van der Waals surface area contributed by atoms with Crippen LogP contribution in [0.4, 0.5) is 5.00 Å². The summed E-state index contributed by atoms with van der Waals surface area (Å²) in [5, 5.41) is 4.49. The van der Waals surface area contributed by atoms with Gasteiger partial charge in [-0.05, 0) is 56.7 Å². The van der Waals surface area contributed by atoms with Crippen LogP contribution in [0, 0.1) is 0 Å². The Balaban J connectivity index is 1.36. The average molecular weight is 514 g/mol. The number of nitrogens with one attached hydrogen (secondary N) is 1. The number of anilines is 1.